The Labute approximate surface area is 202 Å². The Hall–Kier alpha value is -4.54. The number of hydrazone groups is 1. The number of esters is 1. The van der Waals surface area contributed by atoms with Crippen molar-refractivity contribution >= 4 is 40.4 Å². The van der Waals surface area contributed by atoms with Gasteiger partial charge in [0.25, 0.3) is 11.6 Å². The molecule has 184 valence electrons. The van der Waals surface area contributed by atoms with Crippen molar-refractivity contribution in [1.29, 1.82) is 0 Å². The highest BCUT2D eigenvalue weighted by Gasteiger charge is 2.19. The van der Waals surface area contributed by atoms with Crippen molar-refractivity contribution in [2.24, 2.45) is 5.10 Å². The normalized spacial score (nSPS) is 10.7. The van der Waals surface area contributed by atoms with Crippen molar-refractivity contribution in [3.8, 4) is 5.75 Å². The number of hydrogen-bond acceptors (Lipinski definition) is 9. The maximum absolute atomic E-state index is 12.8. The fourth-order valence-corrected chi connectivity index (χ4v) is 2.98. The van der Waals surface area contributed by atoms with Gasteiger partial charge in [-0.1, -0.05) is 24.8 Å². The Bertz CT molecular complexity index is 1140. The molecular formula is C24H26N4O7. The smallest absolute Gasteiger partial charge is 0.330 e. The summed E-state index contributed by atoms with van der Waals surface area (Å²) in [7, 11) is 1.33. The number of nitrogens with one attached hydrogen (secondary N) is 2. The van der Waals surface area contributed by atoms with Gasteiger partial charge in [0.15, 0.2) is 17.2 Å². The molecule has 35 heavy (non-hydrogen) atoms. The number of para-hydroxylation sites is 1. The van der Waals surface area contributed by atoms with Crippen molar-refractivity contribution in [3.05, 3.63) is 70.8 Å². The van der Waals surface area contributed by atoms with Gasteiger partial charge >= 0.3 is 5.97 Å². The first-order valence-corrected chi connectivity index (χ1v) is 10.6. The zero-order valence-electron chi connectivity index (χ0n) is 19.4. The van der Waals surface area contributed by atoms with Gasteiger partial charge in [-0.15, -0.1) is 0 Å². The first kappa shape index (κ1) is 26.7. The summed E-state index contributed by atoms with van der Waals surface area (Å²) in [5, 5.41) is 17.6. The number of carbonyl (C=O) groups excluding carboxylic acids is 3. The topological polar surface area (TPSA) is 149 Å². The van der Waals surface area contributed by atoms with Gasteiger partial charge in [-0.3, -0.25) is 25.1 Å². The highest BCUT2D eigenvalue weighted by Crippen LogP contribution is 2.29. The Kier molecular flexibility index (Phi) is 10.1. The molecule has 0 bridgehead atoms. The number of benzene rings is 2. The summed E-state index contributed by atoms with van der Waals surface area (Å²) in [4.78, 5) is 46.4. The van der Waals surface area contributed by atoms with Crippen LogP contribution >= 0.6 is 0 Å². The number of methoxy groups -OCH3 is 1. The summed E-state index contributed by atoms with van der Waals surface area (Å²) < 4.78 is 10.1. The second-order valence-electron chi connectivity index (χ2n) is 7.21. The molecular weight excluding hydrogens is 456 g/mol. The number of unbranched alkanes of at least 4 members (excludes halogenated alkanes) is 1. The molecule has 0 aliphatic carbocycles. The number of amides is 1. The number of hydrogen-bond donors (Lipinski definition) is 2. The first-order valence-electron chi connectivity index (χ1n) is 10.6. The van der Waals surface area contributed by atoms with Gasteiger partial charge < -0.3 is 14.8 Å². The van der Waals surface area contributed by atoms with Gasteiger partial charge in [0, 0.05) is 24.8 Å². The molecule has 2 aromatic rings. The van der Waals surface area contributed by atoms with Crippen molar-refractivity contribution in [3.63, 3.8) is 0 Å². The van der Waals surface area contributed by atoms with Gasteiger partial charge in [-0.2, -0.15) is 5.10 Å². The van der Waals surface area contributed by atoms with E-state index in [2.05, 4.69) is 22.4 Å². The van der Waals surface area contributed by atoms with Crippen molar-refractivity contribution in [2.45, 2.75) is 26.2 Å². The number of non-ortho nitro benzene ring substituents is 1. The van der Waals surface area contributed by atoms with E-state index in [1.54, 1.807) is 12.1 Å². The Balaban J connectivity index is 2.10. The van der Waals surface area contributed by atoms with Crippen LogP contribution in [0.5, 0.6) is 5.75 Å². The average molecular weight is 482 g/mol. The number of ketones is 1. The number of nitrogens with zero attached hydrogens (tertiary/aromatic N) is 2. The lowest BCUT2D eigenvalue weighted by atomic mass is 10.1. The number of aryl methyl sites for hydroxylation is 1. The van der Waals surface area contributed by atoms with E-state index in [1.807, 2.05) is 12.1 Å². The number of rotatable bonds is 13. The standard InChI is InChI=1S/C24H26N4O7/c1-4-22(30)35-14-8-7-10-17-9-5-6-11-19(17)25-24(31)23(16(2)29)27-26-20-13-12-18(28(32)33)15-21(20)34-3/h4-6,9,11-13,15,26H,1,7-8,10,14H2,2-3H3,(H,25,31)/b27-23+. The van der Waals surface area contributed by atoms with E-state index in [4.69, 9.17) is 9.47 Å². The lowest BCUT2D eigenvalue weighted by molar-refractivity contribution is -0.384. The molecule has 11 nitrogen and oxygen atoms in total. The van der Waals surface area contributed by atoms with Crippen LogP contribution in [0.15, 0.2) is 60.2 Å². The highest BCUT2D eigenvalue weighted by atomic mass is 16.6. The Morgan fingerprint density at radius 1 is 1.14 bits per heavy atom. The van der Waals surface area contributed by atoms with Crippen molar-refractivity contribution < 1.29 is 28.8 Å². The fraction of sp³-hybridized carbons (Fsp3) is 0.250. The van der Waals surface area contributed by atoms with Crippen molar-refractivity contribution in [2.75, 3.05) is 24.5 Å². The number of Topliss-reactive ketones (excluding diaryl/α,β-unsaturated/α-hetero) is 1. The monoisotopic (exact) mass is 482 g/mol. The number of ether oxygens (including phenoxy) is 2. The van der Waals surface area contributed by atoms with Gasteiger partial charge in [-0.05, 0) is 37.0 Å². The van der Waals surface area contributed by atoms with Crippen LogP contribution in [0.3, 0.4) is 0 Å². The average Bonchev–Trinajstić information content (AvgIpc) is 2.84. The first-order chi connectivity index (χ1) is 16.8. The van der Waals surface area contributed by atoms with Crippen molar-refractivity contribution in [1.82, 2.24) is 0 Å². The maximum atomic E-state index is 12.8. The van der Waals surface area contributed by atoms with E-state index < -0.39 is 28.3 Å². The predicted octanol–water partition coefficient (Wildman–Crippen LogP) is 3.65. The predicted molar refractivity (Wildman–Crippen MR) is 131 cm³/mol. The largest absolute Gasteiger partial charge is 0.494 e. The molecule has 2 aromatic carbocycles. The minimum atomic E-state index is -0.724. The number of nitro benzene ring substituents is 1. The lowest BCUT2D eigenvalue weighted by Gasteiger charge is -2.12. The third-order valence-corrected chi connectivity index (χ3v) is 4.75. The molecule has 0 spiro atoms. The molecule has 2 rings (SSSR count). The minimum Gasteiger partial charge on any atom is -0.494 e. The second-order valence-corrected chi connectivity index (χ2v) is 7.21. The zero-order valence-corrected chi connectivity index (χ0v) is 19.4. The third kappa shape index (κ3) is 8.07. The summed E-state index contributed by atoms with van der Waals surface area (Å²) in [5.74, 6) is -1.67. The quantitative estimate of drug-likeness (QED) is 0.0835. The summed E-state index contributed by atoms with van der Waals surface area (Å²) in [6.07, 6.45) is 3.04. The molecule has 11 heteroatoms. The molecule has 0 aliphatic heterocycles. The molecule has 0 saturated carbocycles. The van der Waals surface area contributed by atoms with Crippen LogP contribution in [0.1, 0.15) is 25.3 Å². The van der Waals surface area contributed by atoms with Crippen LogP contribution in [0.25, 0.3) is 0 Å². The molecule has 0 fully saturated rings. The summed E-state index contributed by atoms with van der Waals surface area (Å²) in [6.45, 7) is 4.80. The maximum Gasteiger partial charge on any atom is 0.330 e. The van der Waals surface area contributed by atoms with Gasteiger partial charge in [0.05, 0.1) is 30.4 Å². The SMILES string of the molecule is C=CC(=O)OCCCCc1ccccc1NC(=O)/C(=N/Nc1ccc([N+](=O)[O-])cc1OC)C(C)=O. The molecule has 2 N–H and O–H groups in total. The minimum absolute atomic E-state index is 0.121. The molecule has 0 heterocycles. The summed E-state index contributed by atoms with van der Waals surface area (Å²) >= 11 is 0. The van der Waals surface area contributed by atoms with E-state index in [0.717, 1.165) is 11.6 Å². The van der Waals surface area contributed by atoms with Gasteiger partial charge in [-0.25, -0.2) is 4.79 Å². The van der Waals surface area contributed by atoms with Crippen LogP contribution < -0.4 is 15.5 Å². The fourth-order valence-electron chi connectivity index (χ4n) is 2.98. The van der Waals surface area contributed by atoms with Crippen LogP contribution in [-0.4, -0.2) is 42.0 Å². The zero-order chi connectivity index (χ0) is 25.8. The molecule has 0 radical (unpaired) electrons. The van der Waals surface area contributed by atoms with Crippen LogP contribution in [0.4, 0.5) is 17.1 Å². The van der Waals surface area contributed by atoms with E-state index >= 15 is 0 Å². The van der Waals surface area contributed by atoms with Crippen LogP contribution in [-0.2, 0) is 25.5 Å². The second kappa shape index (κ2) is 13.2. The van der Waals surface area contributed by atoms with Gasteiger partial charge in [0.1, 0.15) is 0 Å². The lowest BCUT2D eigenvalue weighted by Crippen LogP contribution is -2.30. The number of carbonyl (C=O) groups is 3. The molecule has 0 atom stereocenters. The van der Waals surface area contributed by atoms with Crippen LogP contribution in [0, 0.1) is 10.1 Å². The number of anilines is 2. The van der Waals surface area contributed by atoms with E-state index in [-0.39, 0.29) is 23.7 Å². The molecule has 0 saturated heterocycles. The Morgan fingerprint density at radius 2 is 1.89 bits per heavy atom. The van der Waals surface area contributed by atoms with Gasteiger partial charge in [0.2, 0.25) is 0 Å². The summed E-state index contributed by atoms with van der Waals surface area (Å²) in [5.41, 5.74) is 3.58. The number of nitro groups is 1. The molecule has 0 aromatic heterocycles. The molecule has 0 aliphatic rings. The summed E-state index contributed by atoms with van der Waals surface area (Å²) in [6, 6.07) is 10.9. The highest BCUT2D eigenvalue weighted by molar-refractivity contribution is 6.67. The van der Waals surface area contributed by atoms with E-state index in [9.17, 15) is 24.5 Å². The van der Waals surface area contributed by atoms with E-state index in [0.29, 0.717) is 24.9 Å². The van der Waals surface area contributed by atoms with Crippen LogP contribution in [0.2, 0.25) is 0 Å². The third-order valence-electron chi connectivity index (χ3n) is 4.75. The van der Waals surface area contributed by atoms with E-state index in [1.165, 1.54) is 32.2 Å². The molecule has 0 unspecified atom stereocenters. The Morgan fingerprint density at radius 3 is 2.54 bits per heavy atom. The molecule has 1 amide bonds.